The highest BCUT2D eigenvalue weighted by atomic mass is 32.2. The number of hydrogen-bond acceptors (Lipinski definition) is 5. The predicted molar refractivity (Wildman–Crippen MR) is 57.5 cm³/mol. The molecule has 14 heavy (non-hydrogen) atoms. The van der Waals surface area contributed by atoms with Crippen LogP contribution in [0.4, 0.5) is 0 Å². The lowest BCUT2D eigenvalue weighted by molar-refractivity contribution is 0.391. The summed E-state index contributed by atoms with van der Waals surface area (Å²) in [5, 5.41) is 0. The van der Waals surface area contributed by atoms with E-state index in [1.165, 1.54) is 12.2 Å². The first-order valence-corrected chi connectivity index (χ1v) is 5.87. The van der Waals surface area contributed by atoms with Gasteiger partial charge in [-0.1, -0.05) is 0 Å². The van der Waals surface area contributed by atoms with Crippen LogP contribution < -0.4 is 11.3 Å². The van der Waals surface area contributed by atoms with Crippen molar-refractivity contribution in [2.45, 2.75) is 12.5 Å². The summed E-state index contributed by atoms with van der Waals surface area (Å²) in [6.07, 6.45) is 6.38. The predicted octanol–water partition coefficient (Wildman–Crippen LogP) is 0.734. The first kappa shape index (κ1) is 9.89. The van der Waals surface area contributed by atoms with Crippen LogP contribution in [0.2, 0.25) is 0 Å². The van der Waals surface area contributed by atoms with E-state index >= 15 is 0 Å². The SMILES string of the molecule is NNC(c1cnccn1)C1CCSC1. The quantitative estimate of drug-likeness (QED) is 0.569. The van der Waals surface area contributed by atoms with Crippen LogP contribution in [0.5, 0.6) is 0 Å². The van der Waals surface area contributed by atoms with Gasteiger partial charge in [-0.15, -0.1) is 0 Å². The maximum Gasteiger partial charge on any atom is 0.0772 e. The molecule has 5 heteroatoms. The van der Waals surface area contributed by atoms with E-state index in [-0.39, 0.29) is 6.04 Å². The van der Waals surface area contributed by atoms with Gasteiger partial charge in [-0.2, -0.15) is 11.8 Å². The van der Waals surface area contributed by atoms with E-state index in [2.05, 4.69) is 15.4 Å². The lowest BCUT2D eigenvalue weighted by Gasteiger charge is -2.20. The van der Waals surface area contributed by atoms with E-state index in [1.807, 2.05) is 11.8 Å². The molecule has 1 fully saturated rings. The van der Waals surface area contributed by atoms with Crippen LogP contribution in [0, 0.1) is 5.92 Å². The molecule has 2 rings (SSSR count). The second-order valence-corrected chi connectivity index (χ2v) is 4.55. The number of hydrogen-bond donors (Lipinski definition) is 2. The zero-order valence-electron chi connectivity index (χ0n) is 7.89. The molecule has 1 aliphatic heterocycles. The van der Waals surface area contributed by atoms with Gasteiger partial charge >= 0.3 is 0 Å². The summed E-state index contributed by atoms with van der Waals surface area (Å²) in [7, 11) is 0. The third-order valence-corrected chi connectivity index (χ3v) is 3.71. The van der Waals surface area contributed by atoms with Gasteiger partial charge in [0, 0.05) is 12.4 Å². The first-order chi connectivity index (χ1) is 6.92. The van der Waals surface area contributed by atoms with Gasteiger partial charge in [0.05, 0.1) is 17.9 Å². The molecule has 2 heterocycles. The Morgan fingerprint density at radius 3 is 3.07 bits per heavy atom. The molecule has 0 aromatic carbocycles. The summed E-state index contributed by atoms with van der Waals surface area (Å²) in [5.41, 5.74) is 3.79. The van der Waals surface area contributed by atoms with Crippen LogP contribution in [0.3, 0.4) is 0 Å². The van der Waals surface area contributed by atoms with E-state index in [4.69, 9.17) is 5.84 Å². The highest BCUT2D eigenvalue weighted by molar-refractivity contribution is 7.99. The van der Waals surface area contributed by atoms with Gasteiger partial charge < -0.3 is 0 Å². The molecule has 0 aliphatic carbocycles. The van der Waals surface area contributed by atoms with E-state index in [1.54, 1.807) is 18.6 Å². The van der Waals surface area contributed by atoms with Gasteiger partial charge in [0.2, 0.25) is 0 Å². The van der Waals surface area contributed by atoms with Gasteiger partial charge in [-0.3, -0.25) is 21.2 Å². The van der Waals surface area contributed by atoms with Crippen molar-refractivity contribution in [3.8, 4) is 0 Å². The van der Waals surface area contributed by atoms with E-state index in [9.17, 15) is 0 Å². The minimum Gasteiger partial charge on any atom is -0.271 e. The molecule has 1 aromatic heterocycles. The van der Waals surface area contributed by atoms with Crippen molar-refractivity contribution in [3.63, 3.8) is 0 Å². The summed E-state index contributed by atoms with van der Waals surface area (Å²) in [6, 6.07) is 0.152. The third kappa shape index (κ3) is 2.05. The Labute approximate surface area is 87.7 Å². The molecule has 0 spiro atoms. The van der Waals surface area contributed by atoms with E-state index in [0.717, 1.165) is 11.4 Å². The fraction of sp³-hybridized carbons (Fsp3) is 0.556. The topological polar surface area (TPSA) is 63.8 Å². The molecule has 3 N–H and O–H groups in total. The zero-order valence-corrected chi connectivity index (χ0v) is 8.70. The number of nitrogens with one attached hydrogen (secondary N) is 1. The number of nitrogens with two attached hydrogens (primary N) is 1. The molecular weight excluding hydrogens is 196 g/mol. The first-order valence-electron chi connectivity index (χ1n) is 4.71. The lowest BCUT2D eigenvalue weighted by atomic mass is 9.97. The van der Waals surface area contributed by atoms with Gasteiger partial charge in [0.15, 0.2) is 0 Å². The van der Waals surface area contributed by atoms with Crippen LogP contribution in [0.15, 0.2) is 18.6 Å². The fourth-order valence-corrected chi connectivity index (χ4v) is 3.05. The average Bonchev–Trinajstić information content (AvgIpc) is 2.74. The van der Waals surface area contributed by atoms with Crippen LogP contribution in [-0.2, 0) is 0 Å². The number of aromatic nitrogens is 2. The number of rotatable bonds is 3. The van der Waals surface area contributed by atoms with Crippen molar-refractivity contribution < 1.29 is 0 Å². The molecule has 0 saturated carbocycles. The number of nitrogens with zero attached hydrogens (tertiary/aromatic N) is 2. The molecule has 1 aromatic rings. The summed E-state index contributed by atoms with van der Waals surface area (Å²) < 4.78 is 0. The summed E-state index contributed by atoms with van der Waals surface area (Å²) in [4.78, 5) is 8.34. The Bertz CT molecular complexity index is 273. The Kier molecular flexibility index (Phi) is 3.34. The monoisotopic (exact) mass is 210 g/mol. The smallest absolute Gasteiger partial charge is 0.0772 e. The van der Waals surface area contributed by atoms with Gasteiger partial charge in [-0.25, -0.2) is 0 Å². The molecule has 0 bridgehead atoms. The molecule has 0 radical (unpaired) electrons. The molecule has 76 valence electrons. The molecule has 4 nitrogen and oxygen atoms in total. The molecular formula is C9H14N4S. The second kappa shape index (κ2) is 4.72. The third-order valence-electron chi connectivity index (χ3n) is 2.52. The van der Waals surface area contributed by atoms with Crippen LogP contribution in [-0.4, -0.2) is 21.5 Å². The Morgan fingerprint density at radius 2 is 2.50 bits per heavy atom. The van der Waals surface area contributed by atoms with Crippen molar-refractivity contribution in [1.82, 2.24) is 15.4 Å². The van der Waals surface area contributed by atoms with Crippen LogP contribution >= 0.6 is 11.8 Å². The Hall–Kier alpha value is -0.650. The van der Waals surface area contributed by atoms with Gasteiger partial charge in [0.1, 0.15) is 0 Å². The molecule has 2 atom stereocenters. The molecule has 2 unspecified atom stereocenters. The molecule has 0 amide bonds. The van der Waals surface area contributed by atoms with Gasteiger partial charge in [-0.05, 0) is 23.8 Å². The number of thioether (sulfide) groups is 1. The zero-order chi connectivity index (χ0) is 9.80. The van der Waals surface area contributed by atoms with Crippen molar-refractivity contribution in [3.05, 3.63) is 24.3 Å². The van der Waals surface area contributed by atoms with Crippen molar-refractivity contribution in [1.29, 1.82) is 0 Å². The highest BCUT2D eigenvalue weighted by Crippen LogP contribution is 2.32. The van der Waals surface area contributed by atoms with E-state index in [0.29, 0.717) is 5.92 Å². The number of hydrazine groups is 1. The van der Waals surface area contributed by atoms with E-state index < -0.39 is 0 Å². The summed E-state index contributed by atoms with van der Waals surface area (Å²) in [5.74, 6) is 8.53. The maximum atomic E-state index is 5.56. The van der Waals surface area contributed by atoms with Crippen molar-refractivity contribution in [2.75, 3.05) is 11.5 Å². The van der Waals surface area contributed by atoms with Crippen molar-refractivity contribution >= 4 is 11.8 Å². The van der Waals surface area contributed by atoms with Crippen LogP contribution in [0.25, 0.3) is 0 Å². The normalized spacial score (nSPS) is 23.6. The Balaban J connectivity index is 2.12. The largest absolute Gasteiger partial charge is 0.271 e. The molecule has 1 saturated heterocycles. The standard InChI is InChI=1S/C9H14N4S/c10-13-9(7-1-4-14-6-7)8-5-11-2-3-12-8/h2-3,5,7,9,13H,1,4,6,10H2. The fourth-order valence-electron chi connectivity index (χ4n) is 1.75. The summed E-state index contributed by atoms with van der Waals surface area (Å²) in [6.45, 7) is 0. The Morgan fingerprint density at radius 1 is 1.57 bits per heavy atom. The van der Waals surface area contributed by atoms with Crippen LogP contribution in [0.1, 0.15) is 18.2 Å². The lowest BCUT2D eigenvalue weighted by Crippen LogP contribution is -2.34. The summed E-state index contributed by atoms with van der Waals surface area (Å²) >= 11 is 1.98. The highest BCUT2D eigenvalue weighted by Gasteiger charge is 2.26. The second-order valence-electron chi connectivity index (χ2n) is 3.40. The van der Waals surface area contributed by atoms with Crippen molar-refractivity contribution in [2.24, 2.45) is 11.8 Å². The maximum absolute atomic E-state index is 5.56. The van der Waals surface area contributed by atoms with Gasteiger partial charge in [0.25, 0.3) is 0 Å². The average molecular weight is 210 g/mol. The minimum absolute atomic E-state index is 0.152. The molecule has 1 aliphatic rings. The minimum atomic E-state index is 0.152.